The van der Waals surface area contributed by atoms with Crippen LogP contribution in [0.2, 0.25) is 14.3 Å². The molecule has 3 rings (SSSR count). The van der Waals surface area contributed by atoms with Crippen molar-refractivity contribution < 1.29 is 0 Å². The second-order valence-electron chi connectivity index (χ2n) is 8.33. The number of aromatic nitrogens is 1. The number of benzene rings is 2. The summed E-state index contributed by atoms with van der Waals surface area (Å²) in [7, 11) is 0. The number of rotatable bonds is 5. The Kier molecular flexibility index (Phi) is 5.57. The van der Waals surface area contributed by atoms with Crippen LogP contribution in [0.4, 0.5) is 0 Å². The Labute approximate surface area is 161 Å². The van der Waals surface area contributed by atoms with E-state index in [0.29, 0.717) is 0 Å². The molecule has 0 aliphatic carbocycles. The Balaban J connectivity index is 2.24. The average molecular weight is 406 g/mol. The Morgan fingerprint density at radius 2 is 1.27 bits per heavy atom. The van der Waals surface area contributed by atoms with Crippen LogP contribution >= 0.6 is 0 Å². The van der Waals surface area contributed by atoms with E-state index in [1.165, 1.54) is 10.9 Å². The molecule has 0 bridgehead atoms. The minimum atomic E-state index is -2.35. The molecule has 0 fully saturated rings. The van der Waals surface area contributed by atoms with Crippen LogP contribution in [0.15, 0.2) is 60.7 Å². The third kappa shape index (κ3) is 3.11. The molecule has 1 aromatic heterocycles. The molecule has 0 saturated heterocycles. The van der Waals surface area contributed by atoms with Gasteiger partial charge in [0.05, 0.1) is 0 Å². The van der Waals surface area contributed by atoms with Gasteiger partial charge in [-0.25, -0.2) is 0 Å². The van der Waals surface area contributed by atoms with Crippen LogP contribution in [0.25, 0.3) is 22.2 Å². The van der Waals surface area contributed by atoms with E-state index >= 15 is 0 Å². The summed E-state index contributed by atoms with van der Waals surface area (Å²) in [5, 5.41) is 1.38. The Hall–Kier alpha value is -1.61. The maximum atomic E-state index is 5.03. The van der Waals surface area contributed by atoms with E-state index in [1.54, 1.807) is 4.40 Å². The summed E-state index contributed by atoms with van der Waals surface area (Å²) >= 11 is -2.35. The van der Waals surface area contributed by atoms with Gasteiger partial charge in [0.25, 0.3) is 0 Å². The topological polar surface area (TPSA) is 12.9 Å². The first-order valence-corrected chi connectivity index (χ1v) is 14.5. The predicted molar refractivity (Wildman–Crippen MR) is 118 cm³/mol. The summed E-state index contributed by atoms with van der Waals surface area (Å²) in [6.07, 6.45) is 0. The van der Waals surface area contributed by atoms with Crippen molar-refractivity contribution in [2.75, 3.05) is 0 Å². The molecular formula is C24H31GeN. The molecule has 0 saturated carbocycles. The fourth-order valence-corrected chi connectivity index (χ4v) is 19.8. The molecule has 26 heavy (non-hydrogen) atoms. The van der Waals surface area contributed by atoms with Crippen LogP contribution in [0.5, 0.6) is 0 Å². The van der Waals surface area contributed by atoms with E-state index < -0.39 is 13.3 Å². The zero-order chi connectivity index (χ0) is 18.9. The number of hydrogen-bond acceptors (Lipinski definition) is 1. The third-order valence-electron chi connectivity index (χ3n) is 6.13. The van der Waals surface area contributed by atoms with Crippen molar-refractivity contribution >= 4 is 28.6 Å². The summed E-state index contributed by atoms with van der Waals surface area (Å²) in [4.78, 5) is 5.03. The molecule has 0 amide bonds. The fraction of sp³-hybridized carbons (Fsp3) is 0.375. The zero-order valence-electron chi connectivity index (χ0n) is 17.0. The van der Waals surface area contributed by atoms with Gasteiger partial charge in [-0.15, -0.1) is 0 Å². The first-order valence-electron chi connectivity index (χ1n) is 9.84. The van der Waals surface area contributed by atoms with Crippen LogP contribution in [0.1, 0.15) is 41.5 Å². The summed E-state index contributed by atoms with van der Waals surface area (Å²) in [5.41, 5.74) is 3.39. The van der Waals surface area contributed by atoms with Crippen molar-refractivity contribution in [3.63, 3.8) is 0 Å². The van der Waals surface area contributed by atoms with Crippen molar-refractivity contribution in [2.24, 2.45) is 0 Å². The molecule has 136 valence electrons. The zero-order valence-corrected chi connectivity index (χ0v) is 19.1. The van der Waals surface area contributed by atoms with Gasteiger partial charge < -0.3 is 0 Å². The second-order valence-corrected chi connectivity index (χ2v) is 20.6. The Morgan fingerprint density at radius 3 is 1.85 bits per heavy atom. The molecule has 2 heteroatoms. The van der Waals surface area contributed by atoms with Gasteiger partial charge in [-0.1, -0.05) is 0 Å². The molecule has 0 radical (unpaired) electrons. The van der Waals surface area contributed by atoms with Gasteiger partial charge in [0, 0.05) is 0 Å². The van der Waals surface area contributed by atoms with Crippen LogP contribution in [0, 0.1) is 0 Å². The first kappa shape index (κ1) is 19.2. The van der Waals surface area contributed by atoms with Crippen molar-refractivity contribution in [1.82, 2.24) is 4.98 Å². The van der Waals surface area contributed by atoms with Gasteiger partial charge in [-0.2, -0.15) is 0 Å². The van der Waals surface area contributed by atoms with Crippen LogP contribution < -0.4 is 4.40 Å². The molecule has 0 atom stereocenters. The predicted octanol–water partition coefficient (Wildman–Crippen LogP) is 6.79. The summed E-state index contributed by atoms with van der Waals surface area (Å²) in [6, 6.07) is 21.8. The average Bonchev–Trinajstić information content (AvgIpc) is 2.62. The number of nitrogens with zero attached hydrogens (tertiary/aromatic N) is 1. The Bertz CT molecular complexity index is 859. The quantitative estimate of drug-likeness (QED) is 0.426. The van der Waals surface area contributed by atoms with E-state index in [-0.39, 0.29) is 0 Å². The minimum absolute atomic E-state index is 0.745. The fourth-order valence-electron chi connectivity index (χ4n) is 5.24. The van der Waals surface area contributed by atoms with Crippen molar-refractivity contribution in [1.29, 1.82) is 0 Å². The van der Waals surface area contributed by atoms with Gasteiger partial charge in [-0.05, 0) is 0 Å². The van der Waals surface area contributed by atoms with Crippen LogP contribution in [0.3, 0.4) is 0 Å². The van der Waals surface area contributed by atoms with E-state index in [4.69, 9.17) is 4.98 Å². The number of hydrogen-bond donors (Lipinski definition) is 0. The molecule has 2 aromatic carbocycles. The molecule has 0 unspecified atom stereocenters. The standard InChI is InChI=1S/C24H31GeN/c1-17(2)25(18(3)4,19(5)6)22-13-10-14-24-21(22)15-16-23(26-24)20-11-8-7-9-12-20/h7-19H,1-6H3. The maximum absolute atomic E-state index is 5.03. The molecule has 3 aromatic rings. The van der Waals surface area contributed by atoms with Gasteiger partial charge in [0.1, 0.15) is 0 Å². The normalized spacial score (nSPS) is 12.5. The van der Waals surface area contributed by atoms with Crippen molar-refractivity contribution in [3.8, 4) is 11.3 Å². The summed E-state index contributed by atoms with van der Waals surface area (Å²) in [6.45, 7) is 14.7. The molecule has 1 heterocycles. The third-order valence-corrected chi connectivity index (χ3v) is 21.0. The monoisotopic (exact) mass is 407 g/mol. The van der Waals surface area contributed by atoms with Crippen LogP contribution in [-0.4, -0.2) is 18.3 Å². The Morgan fingerprint density at radius 1 is 0.654 bits per heavy atom. The van der Waals surface area contributed by atoms with Gasteiger partial charge >= 0.3 is 161 Å². The first-order chi connectivity index (χ1) is 12.4. The number of pyridine rings is 1. The molecule has 0 spiro atoms. The van der Waals surface area contributed by atoms with Gasteiger partial charge in [0.2, 0.25) is 0 Å². The van der Waals surface area contributed by atoms with Crippen molar-refractivity contribution in [3.05, 3.63) is 60.7 Å². The summed E-state index contributed by atoms with van der Waals surface area (Å²) < 4.78 is 3.87. The van der Waals surface area contributed by atoms with Crippen molar-refractivity contribution in [2.45, 2.75) is 55.8 Å². The molecule has 0 aliphatic heterocycles. The second kappa shape index (κ2) is 7.56. The van der Waals surface area contributed by atoms with E-state index in [1.807, 2.05) is 0 Å². The van der Waals surface area contributed by atoms with Crippen LogP contribution in [-0.2, 0) is 0 Å². The molecule has 1 nitrogen and oxygen atoms in total. The SMILES string of the molecule is C[CH](C)[Ge]([c]1cccc2nc(-c3ccccc3)ccc12)([CH](C)C)[CH](C)C. The van der Waals surface area contributed by atoms with E-state index in [0.717, 1.165) is 25.5 Å². The molecule has 0 aliphatic rings. The van der Waals surface area contributed by atoms with E-state index in [2.05, 4.69) is 102 Å². The van der Waals surface area contributed by atoms with Gasteiger partial charge in [0.15, 0.2) is 0 Å². The molecule has 0 N–H and O–H groups in total. The number of fused-ring (bicyclic) bond motifs is 1. The van der Waals surface area contributed by atoms with E-state index in [9.17, 15) is 0 Å². The van der Waals surface area contributed by atoms with Gasteiger partial charge in [-0.3, -0.25) is 0 Å². The molecular weight excluding hydrogens is 375 g/mol. The summed E-state index contributed by atoms with van der Waals surface area (Å²) in [5.74, 6) is 0.